The lowest BCUT2D eigenvalue weighted by molar-refractivity contribution is 0.279. The van der Waals surface area contributed by atoms with Crippen molar-refractivity contribution in [3.8, 4) is 11.1 Å². The molecule has 0 aliphatic heterocycles. The van der Waals surface area contributed by atoms with Crippen LogP contribution in [-0.2, 0) is 5.41 Å². The van der Waals surface area contributed by atoms with Crippen LogP contribution < -0.4 is 4.74 Å². The Hall–Kier alpha value is -1.57. The highest BCUT2D eigenvalue weighted by molar-refractivity contribution is 7.12. The number of rotatable bonds is 7. The molecule has 2 rings (SSSR count). The van der Waals surface area contributed by atoms with Crippen LogP contribution in [0.1, 0.15) is 31.7 Å². The van der Waals surface area contributed by atoms with Crippen molar-refractivity contribution in [3.05, 3.63) is 46.6 Å². The number of pyridine rings is 1. The maximum Gasteiger partial charge on any atom is 0.175 e. The maximum atomic E-state index is 9.71. The van der Waals surface area contributed by atoms with Crippen LogP contribution in [0.3, 0.4) is 0 Å². The first-order valence-corrected chi connectivity index (χ1v) is 8.14. The van der Waals surface area contributed by atoms with E-state index < -0.39 is 5.41 Å². The molecule has 0 saturated heterocycles. The van der Waals surface area contributed by atoms with Crippen LogP contribution in [0.4, 0.5) is 0 Å². The minimum absolute atomic E-state index is 0.485. The fraction of sp³-hybridized carbons (Fsp3) is 0.375. The Kier molecular flexibility index (Phi) is 5.60. The summed E-state index contributed by atoms with van der Waals surface area (Å²) in [7, 11) is 0. The summed E-state index contributed by atoms with van der Waals surface area (Å²) in [6.45, 7) is 2.57. The molecule has 2 aromatic heterocycles. The molecule has 0 spiro atoms. The van der Waals surface area contributed by atoms with Gasteiger partial charge in [0.15, 0.2) is 5.06 Å². The molecule has 1 atom stereocenters. The first kappa shape index (κ1) is 15.8. The van der Waals surface area contributed by atoms with E-state index in [2.05, 4.69) is 18.0 Å². The molecule has 2 heterocycles. The molecule has 1 unspecified atom stereocenters. The molecule has 0 radical (unpaired) electrons. The van der Waals surface area contributed by atoms with Gasteiger partial charge < -0.3 is 4.74 Å². The predicted molar refractivity (Wildman–Crippen MR) is 85.9 cm³/mol. The number of nitriles is 1. The first-order valence-electron chi connectivity index (χ1n) is 6.89. The second-order valence-electron chi connectivity index (χ2n) is 4.87. The fourth-order valence-electron chi connectivity index (χ4n) is 2.36. The lowest BCUT2D eigenvalue weighted by Crippen LogP contribution is -2.26. The summed E-state index contributed by atoms with van der Waals surface area (Å²) in [5.74, 6) is 0. The van der Waals surface area contributed by atoms with Crippen LogP contribution in [0.15, 0.2) is 36.0 Å². The molecule has 0 fully saturated rings. The zero-order valence-electron chi connectivity index (χ0n) is 11.9. The van der Waals surface area contributed by atoms with E-state index in [1.165, 1.54) is 11.3 Å². The maximum absolute atomic E-state index is 9.71. The number of thiophene rings is 1. The Balaban J connectivity index is 2.08. The van der Waals surface area contributed by atoms with Crippen molar-refractivity contribution in [2.45, 2.75) is 31.6 Å². The van der Waals surface area contributed by atoms with E-state index in [1.54, 1.807) is 18.5 Å². The lowest BCUT2D eigenvalue weighted by Gasteiger charge is -2.26. The zero-order chi connectivity index (χ0) is 15.1. The van der Waals surface area contributed by atoms with Crippen LogP contribution in [-0.4, -0.2) is 11.6 Å². The van der Waals surface area contributed by atoms with E-state index in [1.807, 2.05) is 17.5 Å². The smallest absolute Gasteiger partial charge is 0.175 e. The van der Waals surface area contributed by atoms with Gasteiger partial charge in [-0.2, -0.15) is 5.26 Å². The Labute approximate surface area is 134 Å². The highest BCUT2D eigenvalue weighted by Gasteiger charge is 2.31. The molecule has 0 aliphatic carbocycles. The van der Waals surface area contributed by atoms with Crippen molar-refractivity contribution < 1.29 is 4.74 Å². The molecule has 0 amide bonds. The van der Waals surface area contributed by atoms with Crippen LogP contribution in [0.5, 0.6) is 5.06 Å². The number of hydrogen-bond donors (Lipinski definition) is 0. The van der Waals surface area contributed by atoms with Crippen LogP contribution in [0.25, 0.3) is 0 Å². The highest BCUT2D eigenvalue weighted by atomic mass is 35.5. The number of ether oxygens (including phenoxy) is 1. The van der Waals surface area contributed by atoms with Crippen molar-refractivity contribution in [1.29, 1.82) is 5.26 Å². The first-order chi connectivity index (χ1) is 10.2. The highest BCUT2D eigenvalue weighted by Crippen LogP contribution is 2.33. The summed E-state index contributed by atoms with van der Waals surface area (Å²) in [4.78, 5) is 4.14. The average molecular weight is 321 g/mol. The van der Waals surface area contributed by atoms with Gasteiger partial charge in [-0.25, -0.2) is 0 Å². The third-order valence-corrected chi connectivity index (χ3v) is 4.61. The number of aromatic nitrogens is 1. The van der Waals surface area contributed by atoms with Gasteiger partial charge in [0.25, 0.3) is 0 Å². The molecule has 3 nitrogen and oxygen atoms in total. The van der Waals surface area contributed by atoms with Crippen molar-refractivity contribution in [2.75, 3.05) is 6.61 Å². The minimum atomic E-state index is -0.538. The Morgan fingerprint density at radius 2 is 2.33 bits per heavy atom. The summed E-state index contributed by atoms with van der Waals surface area (Å²) in [6, 6.07) is 8.12. The van der Waals surface area contributed by atoms with Crippen molar-refractivity contribution >= 4 is 22.9 Å². The molecule has 0 N–H and O–H groups in total. The summed E-state index contributed by atoms with van der Waals surface area (Å²) in [6.07, 6.45) is 5.87. The average Bonchev–Trinajstić information content (AvgIpc) is 2.93. The van der Waals surface area contributed by atoms with E-state index in [9.17, 15) is 5.26 Å². The summed E-state index contributed by atoms with van der Waals surface area (Å²) in [5.41, 5.74) is 0.423. The molecular formula is C16H17ClN2OS. The van der Waals surface area contributed by atoms with Crippen LogP contribution in [0.2, 0.25) is 5.02 Å². The second-order valence-corrected chi connectivity index (χ2v) is 6.18. The van der Waals surface area contributed by atoms with Gasteiger partial charge in [-0.15, -0.1) is 11.3 Å². The Morgan fingerprint density at radius 3 is 2.90 bits per heavy atom. The number of halogens is 1. The molecule has 0 saturated carbocycles. The summed E-state index contributed by atoms with van der Waals surface area (Å²) < 4.78 is 5.71. The van der Waals surface area contributed by atoms with E-state index >= 15 is 0 Å². The molecular weight excluding hydrogens is 304 g/mol. The monoisotopic (exact) mass is 320 g/mol. The molecule has 21 heavy (non-hydrogen) atoms. The standard InChI is InChI=1S/C16H17ClN2OS/c1-2-5-16(12-18,13-4-3-7-19-10-13)6-8-20-15-9-14(17)11-21-15/h3-4,7,9-11H,2,5-6,8H2,1H3. The Morgan fingerprint density at radius 1 is 1.48 bits per heavy atom. The third kappa shape index (κ3) is 3.96. The number of hydrogen-bond acceptors (Lipinski definition) is 4. The van der Waals surface area contributed by atoms with E-state index in [-0.39, 0.29) is 0 Å². The Bertz CT molecular complexity index is 608. The fourth-order valence-corrected chi connectivity index (χ4v) is 3.30. The van der Waals surface area contributed by atoms with Crippen molar-refractivity contribution in [2.24, 2.45) is 0 Å². The SMILES string of the molecule is CCCC(C#N)(CCOc1cc(Cl)cs1)c1cccnc1. The number of nitrogens with zero attached hydrogens (tertiary/aromatic N) is 2. The minimum Gasteiger partial charge on any atom is -0.484 e. The van der Waals surface area contributed by atoms with E-state index in [0.717, 1.165) is 23.5 Å². The van der Waals surface area contributed by atoms with Gasteiger partial charge in [-0.1, -0.05) is 31.0 Å². The molecule has 110 valence electrons. The van der Waals surface area contributed by atoms with Crippen LogP contribution >= 0.6 is 22.9 Å². The third-order valence-electron chi connectivity index (χ3n) is 3.42. The normalized spacial score (nSPS) is 13.4. The van der Waals surface area contributed by atoms with Gasteiger partial charge in [0.1, 0.15) is 0 Å². The topological polar surface area (TPSA) is 45.9 Å². The van der Waals surface area contributed by atoms with Gasteiger partial charge in [-0.3, -0.25) is 4.98 Å². The van der Waals surface area contributed by atoms with Crippen molar-refractivity contribution in [3.63, 3.8) is 0 Å². The summed E-state index contributed by atoms with van der Waals surface area (Å²) >= 11 is 7.34. The molecule has 0 bridgehead atoms. The molecule has 5 heteroatoms. The largest absolute Gasteiger partial charge is 0.484 e. The van der Waals surface area contributed by atoms with Gasteiger partial charge in [0.05, 0.1) is 23.1 Å². The lowest BCUT2D eigenvalue weighted by atomic mass is 9.76. The zero-order valence-corrected chi connectivity index (χ0v) is 13.5. The van der Waals surface area contributed by atoms with E-state index in [4.69, 9.17) is 16.3 Å². The van der Waals surface area contributed by atoms with Gasteiger partial charge in [0.2, 0.25) is 0 Å². The van der Waals surface area contributed by atoms with Crippen LogP contribution in [0, 0.1) is 11.3 Å². The van der Waals surface area contributed by atoms with Crippen molar-refractivity contribution in [1.82, 2.24) is 4.98 Å². The quantitative estimate of drug-likeness (QED) is 0.734. The predicted octanol–water partition coefficient (Wildman–Crippen LogP) is 4.83. The molecule has 0 aliphatic rings. The second kappa shape index (κ2) is 7.44. The molecule has 2 aromatic rings. The summed E-state index contributed by atoms with van der Waals surface area (Å²) in [5, 5.41) is 13.0. The van der Waals surface area contributed by atoms with Gasteiger partial charge >= 0.3 is 0 Å². The van der Waals surface area contributed by atoms with Gasteiger partial charge in [0, 0.05) is 30.3 Å². The van der Waals surface area contributed by atoms with Gasteiger partial charge in [-0.05, 0) is 18.1 Å². The molecule has 0 aromatic carbocycles. The van der Waals surface area contributed by atoms with E-state index in [0.29, 0.717) is 18.1 Å².